The van der Waals surface area contributed by atoms with Crippen molar-refractivity contribution in [2.45, 2.75) is 89.6 Å². The van der Waals surface area contributed by atoms with Gasteiger partial charge in [0, 0.05) is 44.1 Å². The molecule has 0 bridgehead atoms. The van der Waals surface area contributed by atoms with Gasteiger partial charge in [-0.2, -0.15) is 0 Å². The van der Waals surface area contributed by atoms with Gasteiger partial charge in [0.1, 0.15) is 0 Å². The fourth-order valence-electron chi connectivity index (χ4n) is 4.84. The largest absolute Gasteiger partial charge is 0.357 e. The Morgan fingerprint density at radius 3 is 2.38 bits per heavy atom. The highest BCUT2D eigenvalue weighted by atomic mass is 16.2. The number of rotatable bonds is 7. The number of likely N-dealkylation sites (tertiary alicyclic amines) is 1. The molecular formula is C22H39N5O2. The Bertz CT molecular complexity index is 568. The fraction of sp³-hybridized carbons (Fsp3) is 0.864. The lowest BCUT2D eigenvalue weighted by Crippen LogP contribution is -2.45. The minimum Gasteiger partial charge on any atom is -0.357 e. The van der Waals surface area contributed by atoms with Crippen molar-refractivity contribution < 1.29 is 9.59 Å². The Morgan fingerprint density at radius 1 is 0.931 bits per heavy atom. The van der Waals surface area contributed by atoms with Crippen LogP contribution in [0.1, 0.15) is 77.6 Å². The molecule has 0 radical (unpaired) electrons. The first kappa shape index (κ1) is 21.9. The van der Waals surface area contributed by atoms with Crippen LogP contribution >= 0.6 is 0 Å². The molecule has 0 aromatic rings. The molecule has 29 heavy (non-hydrogen) atoms. The molecular weight excluding hydrogens is 366 g/mol. The molecule has 2 amide bonds. The molecule has 1 heterocycles. The van der Waals surface area contributed by atoms with E-state index in [0.717, 1.165) is 57.7 Å². The number of carbonyl (C=O) groups is 2. The summed E-state index contributed by atoms with van der Waals surface area (Å²) in [7, 11) is 0. The number of carbonyl (C=O) groups excluding carboxylic acids is 2. The number of hydrogen-bond acceptors (Lipinski definition) is 3. The number of nitrogens with zero attached hydrogens (tertiary/aromatic N) is 2. The zero-order valence-corrected chi connectivity index (χ0v) is 18.0. The first-order chi connectivity index (χ1) is 14.2. The summed E-state index contributed by atoms with van der Waals surface area (Å²) in [5.74, 6) is 1.44. The summed E-state index contributed by atoms with van der Waals surface area (Å²) in [5.41, 5.74) is 0. The number of nitrogens with one attached hydrogen (secondary N) is 3. The predicted octanol–water partition coefficient (Wildman–Crippen LogP) is 2.17. The van der Waals surface area contributed by atoms with Crippen LogP contribution in [0, 0.1) is 5.92 Å². The first-order valence-electron chi connectivity index (χ1n) is 11.8. The third kappa shape index (κ3) is 6.89. The van der Waals surface area contributed by atoms with Crippen LogP contribution in [0.4, 0.5) is 0 Å². The number of hydrogen-bond donors (Lipinski definition) is 3. The average molecular weight is 406 g/mol. The molecule has 1 atom stereocenters. The van der Waals surface area contributed by atoms with Crippen LogP contribution in [0.3, 0.4) is 0 Å². The molecule has 164 valence electrons. The quantitative estimate of drug-likeness (QED) is 0.448. The molecule has 0 aromatic heterocycles. The van der Waals surface area contributed by atoms with Crippen LogP contribution in [0.2, 0.25) is 0 Å². The van der Waals surface area contributed by atoms with Crippen LogP contribution in [0.25, 0.3) is 0 Å². The van der Waals surface area contributed by atoms with Gasteiger partial charge in [0.2, 0.25) is 11.8 Å². The highest BCUT2D eigenvalue weighted by Crippen LogP contribution is 2.27. The lowest BCUT2D eigenvalue weighted by Gasteiger charge is -2.22. The van der Waals surface area contributed by atoms with Crippen LogP contribution in [0.15, 0.2) is 4.99 Å². The summed E-state index contributed by atoms with van der Waals surface area (Å²) in [6.45, 7) is 4.87. The third-order valence-electron chi connectivity index (χ3n) is 6.47. The number of guanidine groups is 1. The number of aliphatic imine (C=N–C) groups is 1. The standard InChI is InChI=1S/C22H39N5O2/c1-2-23-22(24-14-12-20(28)25-18-10-4-3-5-11-18)26-19-13-15-27(16-19)21(29)17-8-6-7-9-17/h17-19H,2-16H2,1H3,(H,25,28)(H2,23,24,26). The van der Waals surface area contributed by atoms with E-state index in [-0.39, 0.29) is 17.9 Å². The van der Waals surface area contributed by atoms with Crippen molar-refractivity contribution in [1.29, 1.82) is 0 Å². The van der Waals surface area contributed by atoms with E-state index in [1.807, 2.05) is 11.8 Å². The van der Waals surface area contributed by atoms with E-state index in [4.69, 9.17) is 0 Å². The SMILES string of the molecule is CCNC(=NCCC(=O)NC1CCCCC1)NC1CCN(C(=O)C2CCCC2)C1. The van der Waals surface area contributed by atoms with Gasteiger partial charge < -0.3 is 20.9 Å². The number of amides is 2. The Balaban J connectivity index is 1.40. The monoisotopic (exact) mass is 405 g/mol. The van der Waals surface area contributed by atoms with E-state index in [2.05, 4.69) is 20.9 Å². The molecule has 3 rings (SSSR count). The van der Waals surface area contributed by atoms with E-state index in [9.17, 15) is 9.59 Å². The lowest BCUT2D eigenvalue weighted by atomic mass is 9.95. The zero-order valence-electron chi connectivity index (χ0n) is 18.0. The van der Waals surface area contributed by atoms with Gasteiger partial charge in [-0.15, -0.1) is 0 Å². The van der Waals surface area contributed by atoms with Crippen LogP contribution in [-0.2, 0) is 9.59 Å². The molecule has 3 aliphatic rings. The summed E-state index contributed by atoms with van der Waals surface area (Å²) in [6, 6.07) is 0.586. The summed E-state index contributed by atoms with van der Waals surface area (Å²) >= 11 is 0. The molecule has 0 aromatic carbocycles. The molecule has 1 saturated heterocycles. The average Bonchev–Trinajstić information content (AvgIpc) is 3.41. The maximum Gasteiger partial charge on any atom is 0.225 e. The molecule has 3 N–H and O–H groups in total. The molecule has 3 fully saturated rings. The van der Waals surface area contributed by atoms with Gasteiger partial charge in [-0.1, -0.05) is 32.1 Å². The molecule has 2 aliphatic carbocycles. The molecule has 7 nitrogen and oxygen atoms in total. The summed E-state index contributed by atoms with van der Waals surface area (Å²) in [4.78, 5) is 31.4. The van der Waals surface area contributed by atoms with Crippen molar-refractivity contribution in [3.8, 4) is 0 Å². The fourth-order valence-corrected chi connectivity index (χ4v) is 4.84. The van der Waals surface area contributed by atoms with Gasteiger partial charge in [0.15, 0.2) is 5.96 Å². The van der Waals surface area contributed by atoms with E-state index in [1.54, 1.807) is 0 Å². The summed E-state index contributed by atoms with van der Waals surface area (Å²) < 4.78 is 0. The van der Waals surface area contributed by atoms with E-state index < -0.39 is 0 Å². The predicted molar refractivity (Wildman–Crippen MR) is 116 cm³/mol. The van der Waals surface area contributed by atoms with Crippen LogP contribution in [0.5, 0.6) is 0 Å². The van der Waals surface area contributed by atoms with Gasteiger partial charge in [-0.05, 0) is 39.0 Å². The lowest BCUT2D eigenvalue weighted by molar-refractivity contribution is -0.134. The van der Waals surface area contributed by atoms with Crippen molar-refractivity contribution in [3.63, 3.8) is 0 Å². The van der Waals surface area contributed by atoms with Crippen molar-refractivity contribution in [3.05, 3.63) is 0 Å². The minimum absolute atomic E-state index is 0.103. The summed E-state index contributed by atoms with van der Waals surface area (Å²) in [5, 5.41) is 9.88. The molecule has 2 saturated carbocycles. The highest BCUT2D eigenvalue weighted by molar-refractivity contribution is 5.82. The minimum atomic E-state index is 0.103. The smallest absolute Gasteiger partial charge is 0.225 e. The van der Waals surface area contributed by atoms with Crippen molar-refractivity contribution >= 4 is 17.8 Å². The topological polar surface area (TPSA) is 85.8 Å². The maximum atomic E-state index is 12.6. The van der Waals surface area contributed by atoms with Gasteiger partial charge >= 0.3 is 0 Å². The molecule has 1 unspecified atom stereocenters. The first-order valence-corrected chi connectivity index (χ1v) is 11.8. The van der Waals surface area contributed by atoms with E-state index in [0.29, 0.717) is 24.9 Å². The second kappa shape index (κ2) is 11.4. The Kier molecular flexibility index (Phi) is 8.62. The van der Waals surface area contributed by atoms with Gasteiger partial charge in [-0.3, -0.25) is 14.6 Å². The molecule has 0 spiro atoms. The second-order valence-electron chi connectivity index (χ2n) is 8.81. The van der Waals surface area contributed by atoms with Crippen LogP contribution in [-0.4, -0.2) is 60.9 Å². The molecule has 7 heteroatoms. The van der Waals surface area contributed by atoms with Gasteiger partial charge in [0.05, 0.1) is 6.54 Å². The van der Waals surface area contributed by atoms with Crippen molar-refractivity contribution in [2.75, 3.05) is 26.2 Å². The Hall–Kier alpha value is -1.79. The van der Waals surface area contributed by atoms with Crippen LogP contribution < -0.4 is 16.0 Å². The van der Waals surface area contributed by atoms with E-state index >= 15 is 0 Å². The van der Waals surface area contributed by atoms with Gasteiger partial charge in [0.25, 0.3) is 0 Å². The molecule has 1 aliphatic heterocycles. The highest BCUT2D eigenvalue weighted by Gasteiger charge is 2.32. The summed E-state index contributed by atoms with van der Waals surface area (Å²) in [6.07, 6.45) is 11.8. The Labute approximate surface area is 175 Å². The zero-order chi connectivity index (χ0) is 20.5. The Morgan fingerprint density at radius 2 is 1.66 bits per heavy atom. The third-order valence-corrected chi connectivity index (χ3v) is 6.47. The van der Waals surface area contributed by atoms with Gasteiger partial charge in [-0.25, -0.2) is 0 Å². The van der Waals surface area contributed by atoms with Crippen molar-refractivity contribution in [1.82, 2.24) is 20.9 Å². The maximum absolute atomic E-state index is 12.6. The van der Waals surface area contributed by atoms with Crippen molar-refractivity contribution in [2.24, 2.45) is 10.9 Å². The normalized spacial score (nSPS) is 24.0. The van der Waals surface area contributed by atoms with E-state index in [1.165, 1.54) is 32.1 Å². The second-order valence-corrected chi connectivity index (χ2v) is 8.81.